The van der Waals surface area contributed by atoms with Crippen LogP contribution < -0.4 is 0 Å². The summed E-state index contributed by atoms with van der Waals surface area (Å²) in [6.07, 6.45) is 5.12. The highest BCUT2D eigenvalue weighted by molar-refractivity contribution is 6.34. The number of rotatable bonds is 1. The van der Waals surface area contributed by atoms with Crippen LogP contribution in [0.5, 0.6) is 0 Å². The number of hydrogen-bond donors (Lipinski definition) is 0. The van der Waals surface area contributed by atoms with Crippen molar-refractivity contribution in [1.29, 1.82) is 0 Å². The SMILES string of the molecule is Clc1ccnc2cc(-c3cccnc3)oc12. The average molecular weight is 231 g/mol. The van der Waals surface area contributed by atoms with Gasteiger partial charge >= 0.3 is 0 Å². The number of fused-ring (bicyclic) bond motifs is 1. The monoisotopic (exact) mass is 230 g/mol. The van der Waals surface area contributed by atoms with Crippen LogP contribution in [0.15, 0.2) is 47.3 Å². The van der Waals surface area contributed by atoms with Crippen molar-refractivity contribution in [1.82, 2.24) is 9.97 Å². The molecule has 78 valence electrons. The molecular formula is C12H7ClN2O. The molecule has 0 atom stereocenters. The second-order valence-electron chi connectivity index (χ2n) is 3.36. The topological polar surface area (TPSA) is 38.9 Å². The molecule has 0 aliphatic rings. The van der Waals surface area contributed by atoms with E-state index in [1.54, 1.807) is 24.7 Å². The summed E-state index contributed by atoms with van der Waals surface area (Å²) in [7, 11) is 0. The fourth-order valence-corrected chi connectivity index (χ4v) is 1.75. The molecule has 0 aliphatic carbocycles. The van der Waals surface area contributed by atoms with Gasteiger partial charge in [-0.05, 0) is 18.2 Å². The second kappa shape index (κ2) is 3.61. The third-order valence-electron chi connectivity index (χ3n) is 2.31. The molecule has 0 N–H and O–H groups in total. The van der Waals surface area contributed by atoms with E-state index in [9.17, 15) is 0 Å². The van der Waals surface area contributed by atoms with Crippen molar-refractivity contribution in [3.8, 4) is 11.3 Å². The van der Waals surface area contributed by atoms with Crippen molar-refractivity contribution in [2.24, 2.45) is 0 Å². The highest BCUT2D eigenvalue weighted by Gasteiger charge is 2.09. The minimum atomic E-state index is 0.570. The number of furan rings is 1. The van der Waals surface area contributed by atoms with E-state index in [0.29, 0.717) is 10.6 Å². The zero-order valence-electron chi connectivity index (χ0n) is 8.22. The van der Waals surface area contributed by atoms with Crippen molar-refractivity contribution >= 4 is 22.7 Å². The summed E-state index contributed by atoms with van der Waals surface area (Å²) >= 11 is 6.01. The molecular weight excluding hydrogens is 224 g/mol. The van der Waals surface area contributed by atoms with Crippen LogP contribution in [0, 0.1) is 0 Å². The smallest absolute Gasteiger partial charge is 0.171 e. The highest BCUT2D eigenvalue weighted by atomic mass is 35.5. The Morgan fingerprint density at radius 1 is 1.19 bits per heavy atom. The largest absolute Gasteiger partial charge is 0.453 e. The summed E-state index contributed by atoms with van der Waals surface area (Å²) in [6, 6.07) is 7.36. The van der Waals surface area contributed by atoms with Gasteiger partial charge in [0.15, 0.2) is 5.58 Å². The Bertz CT molecular complexity index is 634. The third kappa shape index (κ3) is 1.46. The number of nitrogens with zero attached hydrogens (tertiary/aromatic N) is 2. The van der Waals surface area contributed by atoms with E-state index in [2.05, 4.69) is 9.97 Å². The predicted octanol–water partition coefficient (Wildman–Crippen LogP) is 3.54. The Kier molecular flexibility index (Phi) is 2.11. The van der Waals surface area contributed by atoms with Crippen molar-refractivity contribution in [3.05, 3.63) is 47.9 Å². The predicted molar refractivity (Wildman–Crippen MR) is 62.3 cm³/mol. The summed E-state index contributed by atoms with van der Waals surface area (Å²) in [6.45, 7) is 0. The Morgan fingerprint density at radius 3 is 2.88 bits per heavy atom. The Hall–Kier alpha value is -1.87. The van der Waals surface area contributed by atoms with Crippen LogP contribution in [0.1, 0.15) is 0 Å². The maximum absolute atomic E-state index is 6.01. The fourth-order valence-electron chi connectivity index (χ4n) is 1.56. The molecule has 0 amide bonds. The number of pyridine rings is 2. The van der Waals surface area contributed by atoms with Crippen molar-refractivity contribution in [2.45, 2.75) is 0 Å². The van der Waals surface area contributed by atoms with Crippen LogP contribution in [-0.4, -0.2) is 9.97 Å². The van der Waals surface area contributed by atoms with E-state index in [-0.39, 0.29) is 0 Å². The zero-order chi connectivity index (χ0) is 11.0. The van der Waals surface area contributed by atoms with E-state index in [1.165, 1.54) is 0 Å². The van der Waals surface area contributed by atoms with Crippen molar-refractivity contribution in [2.75, 3.05) is 0 Å². The van der Waals surface area contributed by atoms with Gasteiger partial charge in [0.05, 0.1) is 5.02 Å². The van der Waals surface area contributed by atoms with Gasteiger partial charge in [0.1, 0.15) is 11.3 Å². The van der Waals surface area contributed by atoms with Crippen LogP contribution in [0.3, 0.4) is 0 Å². The van der Waals surface area contributed by atoms with Crippen LogP contribution in [0.25, 0.3) is 22.4 Å². The number of halogens is 1. The molecule has 3 heterocycles. The molecule has 0 saturated carbocycles. The highest BCUT2D eigenvalue weighted by Crippen LogP contribution is 2.29. The number of hydrogen-bond acceptors (Lipinski definition) is 3. The summed E-state index contributed by atoms with van der Waals surface area (Å²) < 4.78 is 5.65. The molecule has 0 unspecified atom stereocenters. The zero-order valence-corrected chi connectivity index (χ0v) is 8.98. The van der Waals surface area contributed by atoms with Gasteiger partial charge < -0.3 is 4.42 Å². The van der Waals surface area contributed by atoms with Gasteiger partial charge in [-0.3, -0.25) is 9.97 Å². The summed E-state index contributed by atoms with van der Waals surface area (Å²) in [4.78, 5) is 8.23. The molecule has 3 nitrogen and oxygen atoms in total. The molecule has 4 heteroatoms. The molecule has 3 aromatic rings. The standard InChI is InChI=1S/C12H7ClN2O/c13-9-3-5-15-10-6-11(16-12(9)10)8-2-1-4-14-7-8/h1-7H. The van der Waals surface area contributed by atoms with Gasteiger partial charge in [-0.1, -0.05) is 11.6 Å². The molecule has 0 aromatic carbocycles. The van der Waals surface area contributed by atoms with Gasteiger partial charge in [-0.25, -0.2) is 0 Å². The normalized spacial score (nSPS) is 10.8. The Balaban J connectivity index is 2.23. The Labute approximate surface area is 96.7 Å². The van der Waals surface area contributed by atoms with E-state index >= 15 is 0 Å². The summed E-state index contributed by atoms with van der Waals surface area (Å²) in [5.74, 6) is 0.726. The number of aromatic nitrogens is 2. The lowest BCUT2D eigenvalue weighted by Gasteiger charge is -1.93. The van der Waals surface area contributed by atoms with Gasteiger partial charge in [-0.2, -0.15) is 0 Å². The maximum Gasteiger partial charge on any atom is 0.171 e. The molecule has 0 bridgehead atoms. The summed E-state index contributed by atoms with van der Waals surface area (Å²) in [5, 5.41) is 0.570. The third-order valence-corrected chi connectivity index (χ3v) is 2.61. The Morgan fingerprint density at radius 2 is 2.12 bits per heavy atom. The lowest BCUT2D eigenvalue weighted by molar-refractivity contribution is 0.631. The molecule has 0 saturated heterocycles. The minimum Gasteiger partial charge on any atom is -0.453 e. The minimum absolute atomic E-state index is 0.570. The lowest BCUT2D eigenvalue weighted by Crippen LogP contribution is -1.73. The molecule has 0 aliphatic heterocycles. The van der Waals surface area contributed by atoms with E-state index in [4.69, 9.17) is 16.0 Å². The molecule has 0 radical (unpaired) electrons. The van der Waals surface area contributed by atoms with Crippen LogP contribution in [-0.2, 0) is 0 Å². The first-order chi connectivity index (χ1) is 7.84. The second-order valence-corrected chi connectivity index (χ2v) is 3.77. The fraction of sp³-hybridized carbons (Fsp3) is 0. The molecule has 0 fully saturated rings. The summed E-state index contributed by atoms with van der Waals surface area (Å²) in [5.41, 5.74) is 2.28. The molecule has 0 spiro atoms. The van der Waals surface area contributed by atoms with Crippen molar-refractivity contribution in [3.63, 3.8) is 0 Å². The first-order valence-electron chi connectivity index (χ1n) is 4.79. The van der Waals surface area contributed by atoms with E-state index in [1.807, 2.05) is 18.2 Å². The van der Waals surface area contributed by atoms with Crippen LogP contribution in [0.4, 0.5) is 0 Å². The first kappa shape index (κ1) is 9.36. The maximum atomic E-state index is 6.01. The van der Waals surface area contributed by atoms with Crippen molar-refractivity contribution < 1.29 is 4.42 Å². The van der Waals surface area contributed by atoms with Gasteiger partial charge in [0.2, 0.25) is 0 Å². The molecule has 3 rings (SSSR count). The van der Waals surface area contributed by atoms with E-state index in [0.717, 1.165) is 16.8 Å². The van der Waals surface area contributed by atoms with Gasteiger partial charge in [0.25, 0.3) is 0 Å². The molecule has 3 aromatic heterocycles. The van der Waals surface area contributed by atoms with Gasteiger partial charge in [-0.15, -0.1) is 0 Å². The lowest BCUT2D eigenvalue weighted by atomic mass is 10.2. The quantitative estimate of drug-likeness (QED) is 0.642. The van der Waals surface area contributed by atoms with Crippen LogP contribution in [0.2, 0.25) is 5.02 Å². The average Bonchev–Trinajstić information content (AvgIpc) is 2.76. The van der Waals surface area contributed by atoms with Crippen LogP contribution >= 0.6 is 11.6 Å². The van der Waals surface area contributed by atoms with Gasteiger partial charge in [0, 0.05) is 30.2 Å². The van der Waals surface area contributed by atoms with E-state index < -0.39 is 0 Å². The molecule has 16 heavy (non-hydrogen) atoms. The first-order valence-corrected chi connectivity index (χ1v) is 5.17.